The normalized spacial score (nSPS) is 24.5. The van der Waals surface area contributed by atoms with Crippen molar-refractivity contribution in [2.24, 2.45) is 5.92 Å². The molecule has 0 aromatic heterocycles. The molecule has 0 spiro atoms. The zero-order chi connectivity index (χ0) is 22.2. The third-order valence-corrected chi connectivity index (χ3v) is 5.75. The molecule has 0 heterocycles. The van der Waals surface area contributed by atoms with Gasteiger partial charge in [0.2, 0.25) is 5.91 Å². The van der Waals surface area contributed by atoms with Crippen LogP contribution < -0.4 is 5.32 Å². The minimum atomic E-state index is -0.751. The molecule has 0 aromatic carbocycles. The maximum atomic E-state index is 11.7. The molecule has 3 atom stereocenters. The number of hydrogen-bond acceptors (Lipinski definition) is 4. The van der Waals surface area contributed by atoms with Crippen LogP contribution in [0.4, 0.5) is 0 Å². The van der Waals surface area contributed by atoms with Crippen LogP contribution in [-0.4, -0.2) is 47.1 Å². The molecule has 174 valence electrons. The SMILES string of the molecule is CCO[C@H]1CCC(O)(CC=CCCCC(=O)NC(C)C)[C@@H]1C=CCCCCCCO. The second kappa shape index (κ2) is 15.6. The van der Waals surface area contributed by atoms with Crippen LogP contribution in [0.1, 0.15) is 91.4 Å². The topological polar surface area (TPSA) is 78.8 Å². The van der Waals surface area contributed by atoms with Gasteiger partial charge in [-0.05, 0) is 72.1 Å². The van der Waals surface area contributed by atoms with E-state index < -0.39 is 5.60 Å². The Morgan fingerprint density at radius 2 is 1.87 bits per heavy atom. The number of carbonyl (C=O) groups excluding carboxylic acids is 1. The standard InChI is InChI=1S/C25H45NO4/c1-4-30-23-17-19-25(29,22(23)15-11-7-5-6-10-14-20-27)18-13-9-8-12-16-24(28)26-21(2)3/h9,11,13,15,21-23,27,29H,4-8,10,12,14,16-20H2,1-3H3,(H,26,28)/t22-,23+,25?/m1/s1. The lowest BCUT2D eigenvalue weighted by atomic mass is 9.86. The summed E-state index contributed by atoms with van der Waals surface area (Å²) in [7, 11) is 0. The molecular weight excluding hydrogens is 378 g/mol. The molecule has 5 nitrogen and oxygen atoms in total. The fourth-order valence-corrected chi connectivity index (χ4v) is 4.18. The van der Waals surface area contributed by atoms with Crippen LogP contribution in [0.2, 0.25) is 0 Å². The number of unbranched alkanes of at least 4 members (excludes halogenated alkanes) is 5. The van der Waals surface area contributed by atoms with Gasteiger partial charge in [-0.3, -0.25) is 4.79 Å². The maximum Gasteiger partial charge on any atom is 0.220 e. The van der Waals surface area contributed by atoms with Crippen LogP contribution in [0.25, 0.3) is 0 Å². The van der Waals surface area contributed by atoms with Crippen LogP contribution in [0.5, 0.6) is 0 Å². The van der Waals surface area contributed by atoms with Crippen molar-refractivity contribution in [3.8, 4) is 0 Å². The lowest BCUT2D eigenvalue weighted by molar-refractivity contribution is -0.121. The van der Waals surface area contributed by atoms with Gasteiger partial charge < -0.3 is 20.3 Å². The maximum absolute atomic E-state index is 11.7. The Morgan fingerprint density at radius 1 is 1.13 bits per heavy atom. The van der Waals surface area contributed by atoms with Crippen LogP contribution in [0.3, 0.4) is 0 Å². The highest BCUT2D eigenvalue weighted by Gasteiger charge is 2.45. The van der Waals surface area contributed by atoms with E-state index in [4.69, 9.17) is 9.84 Å². The van der Waals surface area contributed by atoms with Crippen molar-refractivity contribution < 1.29 is 19.7 Å². The fourth-order valence-electron chi connectivity index (χ4n) is 4.18. The zero-order valence-electron chi connectivity index (χ0n) is 19.4. The number of rotatable bonds is 16. The number of hydrogen-bond donors (Lipinski definition) is 3. The van der Waals surface area contributed by atoms with Gasteiger partial charge in [0.05, 0.1) is 11.7 Å². The highest BCUT2D eigenvalue weighted by molar-refractivity contribution is 5.76. The number of nitrogens with one attached hydrogen (secondary N) is 1. The molecular formula is C25H45NO4. The molecule has 1 fully saturated rings. The summed E-state index contributed by atoms with van der Waals surface area (Å²) in [5, 5.41) is 23.0. The summed E-state index contributed by atoms with van der Waals surface area (Å²) in [5.74, 6) is 0.130. The molecule has 1 aliphatic rings. The van der Waals surface area contributed by atoms with E-state index in [1.54, 1.807) is 0 Å². The highest BCUT2D eigenvalue weighted by Crippen LogP contribution is 2.41. The van der Waals surface area contributed by atoms with Crippen molar-refractivity contribution in [3.63, 3.8) is 0 Å². The van der Waals surface area contributed by atoms with Crippen LogP contribution in [-0.2, 0) is 9.53 Å². The number of ether oxygens (including phenoxy) is 1. The van der Waals surface area contributed by atoms with Crippen molar-refractivity contribution in [2.75, 3.05) is 13.2 Å². The van der Waals surface area contributed by atoms with E-state index in [1.165, 1.54) is 0 Å². The van der Waals surface area contributed by atoms with E-state index in [0.29, 0.717) is 19.4 Å². The molecule has 0 bridgehead atoms. The second-order valence-corrected chi connectivity index (χ2v) is 8.81. The molecule has 0 saturated heterocycles. The molecule has 1 saturated carbocycles. The number of aliphatic hydroxyl groups excluding tert-OH is 1. The Labute approximate surface area is 184 Å². The minimum Gasteiger partial charge on any atom is -0.396 e. The third-order valence-electron chi connectivity index (χ3n) is 5.75. The molecule has 1 unspecified atom stereocenters. The van der Waals surface area contributed by atoms with Crippen molar-refractivity contribution >= 4 is 5.91 Å². The molecule has 0 aliphatic heterocycles. The van der Waals surface area contributed by atoms with E-state index in [1.807, 2.05) is 20.8 Å². The van der Waals surface area contributed by atoms with Crippen LogP contribution in [0.15, 0.2) is 24.3 Å². The predicted molar refractivity (Wildman–Crippen MR) is 123 cm³/mol. The summed E-state index contributed by atoms with van der Waals surface area (Å²) in [5.41, 5.74) is -0.751. The Morgan fingerprint density at radius 3 is 2.57 bits per heavy atom. The van der Waals surface area contributed by atoms with Gasteiger partial charge in [0, 0.05) is 31.6 Å². The summed E-state index contributed by atoms with van der Waals surface area (Å²) in [6, 6.07) is 0.188. The first-order valence-electron chi connectivity index (χ1n) is 12.0. The van der Waals surface area contributed by atoms with E-state index in [-0.39, 0.29) is 30.6 Å². The summed E-state index contributed by atoms with van der Waals surface area (Å²) in [6.45, 7) is 6.89. The second-order valence-electron chi connectivity index (χ2n) is 8.81. The summed E-state index contributed by atoms with van der Waals surface area (Å²) in [6.07, 6.45) is 18.3. The van der Waals surface area contributed by atoms with Crippen molar-refractivity contribution in [1.29, 1.82) is 0 Å². The number of amides is 1. The largest absolute Gasteiger partial charge is 0.396 e. The van der Waals surface area contributed by atoms with Crippen LogP contribution >= 0.6 is 0 Å². The van der Waals surface area contributed by atoms with Gasteiger partial charge in [-0.1, -0.05) is 37.1 Å². The fraction of sp³-hybridized carbons (Fsp3) is 0.800. The first-order valence-corrected chi connectivity index (χ1v) is 12.0. The van der Waals surface area contributed by atoms with E-state index in [9.17, 15) is 9.90 Å². The summed E-state index contributed by atoms with van der Waals surface area (Å²) < 4.78 is 5.92. The monoisotopic (exact) mass is 423 g/mol. The minimum absolute atomic E-state index is 0.0244. The zero-order valence-corrected chi connectivity index (χ0v) is 19.4. The molecule has 1 amide bonds. The lowest BCUT2D eigenvalue weighted by Crippen LogP contribution is -2.36. The van der Waals surface area contributed by atoms with Crippen molar-refractivity contribution in [1.82, 2.24) is 5.32 Å². The van der Waals surface area contributed by atoms with Gasteiger partial charge >= 0.3 is 0 Å². The highest BCUT2D eigenvalue weighted by atomic mass is 16.5. The number of carbonyl (C=O) groups is 1. The first-order chi connectivity index (χ1) is 14.4. The van der Waals surface area contributed by atoms with Gasteiger partial charge in [0.25, 0.3) is 0 Å². The molecule has 1 rings (SSSR count). The van der Waals surface area contributed by atoms with Crippen molar-refractivity contribution in [3.05, 3.63) is 24.3 Å². The molecule has 30 heavy (non-hydrogen) atoms. The third kappa shape index (κ3) is 10.7. The van der Waals surface area contributed by atoms with E-state index >= 15 is 0 Å². The number of allylic oxidation sites excluding steroid dienone is 2. The van der Waals surface area contributed by atoms with Gasteiger partial charge in [0.15, 0.2) is 0 Å². The predicted octanol–water partition coefficient (Wildman–Crippen LogP) is 4.67. The Kier molecular flexibility index (Phi) is 14.0. The van der Waals surface area contributed by atoms with E-state index in [0.717, 1.165) is 57.8 Å². The molecule has 0 aromatic rings. The van der Waals surface area contributed by atoms with E-state index in [2.05, 4.69) is 29.6 Å². The summed E-state index contributed by atoms with van der Waals surface area (Å²) in [4.78, 5) is 11.7. The Bertz CT molecular complexity index is 517. The smallest absolute Gasteiger partial charge is 0.220 e. The molecule has 0 radical (unpaired) electrons. The first kappa shape index (κ1) is 26.9. The molecule has 5 heteroatoms. The average molecular weight is 424 g/mol. The van der Waals surface area contributed by atoms with Crippen LogP contribution in [0, 0.1) is 5.92 Å². The van der Waals surface area contributed by atoms with Gasteiger partial charge in [-0.2, -0.15) is 0 Å². The lowest BCUT2D eigenvalue weighted by Gasteiger charge is -2.29. The van der Waals surface area contributed by atoms with Gasteiger partial charge in [-0.15, -0.1) is 0 Å². The average Bonchev–Trinajstić information content (AvgIpc) is 2.99. The number of aliphatic hydroxyl groups is 2. The summed E-state index contributed by atoms with van der Waals surface area (Å²) >= 11 is 0. The quantitative estimate of drug-likeness (QED) is 0.249. The van der Waals surface area contributed by atoms with Gasteiger partial charge in [-0.25, -0.2) is 0 Å². The molecule has 3 N–H and O–H groups in total. The Hall–Kier alpha value is -1.17. The van der Waals surface area contributed by atoms with Crippen molar-refractivity contribution in [2.45, 2.75) is 109 Å². The van der Waals surface area contributed by atoms with Gasteiger partial charge in [0.1, 0.15) is 0 Å². The molecule has 1 aliphatic carbocycles. The Balaban J connectivity index is 2.46.